The van der Waals surface area contributed by atoms with E-state index in [0.29, 0.717) is 0 Å². The molecule has 0 aromatic heterocycles. The van der Waals surface area contributed by atoms with Crippen molar-refractivity contribution in [3.8, 4) is 0 Å². The third-order valence-electron chi connectivity index (χ3n) is 2.38. The molecule has 0 saturated heterocycles. The molecule has 0 radical (unpaired) electrons. The highest BCUT2D eigenvalue weighted by Gasteiger charge is 2.21. The van der Waals surface area contributed by atoms with Gasteiger partial charge in [0.2, 0.25) is 0 Å². The maximum atomic E-state index is 2.38. The molecule has 0 aliphatic rings. The summed E-state index contributed by atoms with van der Waals surface area (Å²) in [6, 6.07) is 0. The minimum Gasteiger partial charge on any atom is -0.326 e. The minimum absolute atomic E-state index is 0.814. The SMILES string of the molecule is CC[N+](C)(CC(C)C)CC(C)C. The van der Waals surface area contributed by atoms with Crippen LogP contribution in [0.2, 0.25) is 0 Å². The van der Waals surface area contributed by atoms with E-state index in [2.05, 4.69) is 41.7 Å². The molecule has 0 fully saturated rings. The summed E-state index contributed by atoms with van der Waals surface area (Å²) in [5.41, 5.74) is 0. The molecule has 0 amide bonds. The van der Waals surface area contributed by atoms with Gasteiger partial charge in [0, 0.05) is 11.8 Å². The topological polar surface area (TPSA) is 0 Å². The van der Waals surface area contributed by atoms with Crippen molar-refractivity contribution in [3.63, 3.8) is 0 Å². The molecule has 0 saturated carbocycles. The highest BCUT2D eigenvalue weighted by atomic mass is 15.3. The third kappa shape index (κ3) is 4.76. The molecule has 0 bridgehead atoms. The van der Waals surface area contributed by atoms with Crippen LogP contribution in [0.5, 0.6) is 0 Å². The molecule has 1 nitrogen and oxygen atoms in total. The van der Waals surface area contributed by atoms with Crippen molar-refractivity contribution in [1.82, 2.24) is 0 Å². The quantitative estimate of drug-likeness (QED) is 0.559. The summed E-state index contributed by atoms with van der Waals surface area (Å²) in [5.74, 6) is 1.63. The van der Waals surface area contributed by atoms with E-state index in [1.54, 1.807) is 0 Å². The van der Waals surface area contributed by atoms with Gasteiger partial charge in [0.05, 0.1) is 26.7 Å². The molecule has 0 aliphatic heterocycles. The van der Waals surface area contributed by atoms with E-state index in [9.17, 15) is 0 Å². The summed E-state index contributed by atoms with van der Waals surface area (Å²) in [5, 5.41) is 0. The molecule has 0 aromatic rings. The van der Waals surface area contributed by atoms with Gasteiger partial charge in [-0.15, -0.1) is 0 Å². The molecule has 0 aliphatic carbocycles. The Labute approximate surface area is 78.4 Å². The number of rotatable bonds is 5. The molecule has 0 rings (SSSR count). The van der Waals surface area contributed by atoms with Crippen LogP contribution in [0.4, 0.5) is 0 Å². The fraction of sp³-hybridized carbons (Fsp3) is 1.00. The average molecular weight is 172 g/mol. The van der Waals surface area contributed by atoms with E-state index in [0.717, 1.165) is 11.8 Å². The molecule has 0 atom stereocenters. The molecule has 74 valence electrons. The van der Waals surface area contributed by atoms with Gasteiger partial charge in [-0.1, -0.05) is 27.7 Å². The lowest BCUT2D eigenvalue weighted by molar-refractivity contribution is -0.913. The average Bonchev–Trinajstić information content (AvgIpc) is 1.83. The lowest BCUT2D eigenvalue weighted by Crippen LogP contribution is -2.48. The van der Waals surface area contributed by atoms with Crippen LogP contribution >= 0.6 is 0 Å². The first kappa shape index (κ1) is 12.0. The first-order valence-corrected chi connectivity index (χ1v) is 5.23. The second kappa shape index (κ2) is 4.86. The third-order valence-corrected chi connectivity index (χ3v) is 2.38. The van der Waals surface area contributed by atoms with E-state index >= 15 is 0 Å². The summed E-state index contributed by atoms with van der Waals surface area (Å²) >= 11 is 0. The van der Waals surface area contributed by atoms with Crippen LogP contribution in [0, 0.1) is 11.8 Å². The molecular formula is C11H26N+. The Morgan fingerprint density at radius 2 is 1.25 bits per heavy atom. The van der Waals surface area contributed by atoms with E-state index in [1.165, 1.54) is 24.1 Å². The fourth-order valence-electron chi connectivity index (χ4n) is 2.10. The molecule has 12 heavy (non-hydrogen) atoms. The predicted octanol–water partition coefficient (Wildman–Crippen LogP) is 2.76. The zero-order valence-corrected chi connectivity index (χ0v) is 9.72. The normalized spacial score (nSPS) is 13.0. The Balaban J connectivity index is 4.04. The number of hydrogen-bond acceptors (Lipinski definition) is 0. The van der Waals surface area contributed by atoms with E-state index < -0.39 is 0 Å². The smallest absolute Gasteiger partial charge is 0.0807 e. The van der Waals surface area contributed by atoms with Crippen molar-refractivity contribution in [2.24, 2.45) is 11.8 Å². The maximum absolute atomic E-state index is 2.38. The van der Waals surface area contributed by atoms with Crippen LogP contribution in [-0.2, 0) is 0 Å². The summed E-state index contributed by atoms with van der Waals surface area (Å²) in [6.45, 7) is 15.4. The van der Waals surface area contributed by atoms with Gasteiger partial charge in [0.25, 0.3) is 0 Å². The molecule has 0 heterocycles. The van der Waals surface area contributed by atoms with Gasteiger partial charge in [0.15, 0.2) is 0 Å². The van der Waals surface area contributed by atoms with Crippen LogP contribution < -0.4 is 0 Å². The zero-order chi connectivity index (χ0) is 9.78. The van der Waals surface area contributed by atoms with Crippen molar-refractivity contribution in [3.05, 3.63) is 0 Å². The Bertz CT molecular complexity index is 106. The summed E-state index contributed by atoms with van der Waals surface area (Å²) < 4.78 is 1.23. The van der Waals surface area contributed by atoms with Crippen LogP contribution in [-0.4, -0.2) is 31.2 Å². The Morgan fingerprint density at radius 3 is 1.42 bits per heavy atom. The van der Waals surface area contributed by atoms with Crippen molar-refractivity contribution in [1.29, 1.82) is 0 Å². The molecule has 0 aromatic carbocycles. The maximum Gasteiger partial charge on any atom is 0.0807 e. The second-order valence-corrected chi connectivity index (χ2v) is 5.09. The lowest BCUT2D eigenvalue weighted by atomic mass is 10.1. The van der Waals surface area contributed by atoms with Crippen molar-refractivity contribution in [2.45, 2.75) is 34.6 Å². The first-order valence-electron chi connectivity index (χ1n) is 5.23. The summed E-state index contributed by atoms with van der Waals surface area (Å²) in [6.07, 6.45) is 0. The van der Waals surface area contributed by atoms with Crippen LogP contribution in [0.25, 0.3) is 0 Å². The van der Waals surface area contributed by atoms with E-state index in [-0.39, 0.29) is 0 Å². The molecule has 0 unspecified atom stereocenters. The lowest BCUT2D eigenvalue weighted by Gasteiger charge is -2.36. The molecule has 1 heteroatoms. The highest BCUT2D eigenvalue weighted by Crippen LogP contribution is 2.11. The van der Waals surface area contributed by atoms with Gasteiger partial charge in [0.1, 0.15) is 0 Å². The van der Waals surface area contributed by atoms with Gasteiger partial charge in [-0.3, -0.25) is 0 Å². The van der Waals surface area contributed by atoms with Crippen molar-refractivity contribution in [2.75, 3.05) is 26.7 Å². The van der Waals surface area contributed by atoms with Gasteiger partial charge in [-0.2, -0.15) is 0 Å². The molecule has 0 spiro atoms. The largest absolute Gasteiger partial charge is 0.326 e. The Morgan fingerprint density at radius 1 is 0.917 bits per heavy atom. The molecular weight excluding hydrogens is 146 g/mol. The monoisotopic (exact) mass is 172 g/mol. The van der Waals surface area contributed by atoms with Crippen LogP contribution in [0.3, 0.4) is 0 Å². The number of quaternary nitrogens is 1. The fourth-order valence-corrected chi connectivity index (χ4v) is 2.10. The number of hydrogen-bond donors (Lipinski definition) is 0. The van der Waals surface area contributed by atoms with Gasteiger partial charge < -0.3 is 4.48 Å². The number of nitrogens with zero attached hydrogens (tertiary/aromatic N) is 1. The summed E-state index contributed by atoms with van der Waals surface area (Å²) in [4.78, 5) is 0. The van der Waals surface area contributed by atoms with E-state index in [4.69, 9.17) is 0 Å². The van der Waals surface area contributed by atoms with Gasteiger partial charge in [-0.05, 0) is 6.92 Å². The predicted molar refractivity (Wildman–Crippen MR) is 56.1 cm³/mol. The van der Waals surface area contributed by atoms with Crippen molar-refractivity contribution < 1.29 is 4.48 Å². The van der Waals surface area contributed by atoms with Gasteiger partial charge in [-0.25, -0.2) is 0 Å². The molecule has 0 N–H and O–H groups in total. The Hall–Kier alpha value is -0.0400. The Kier molecular flexibility index (Phi) is 4.84. The summed E-state index contributed by atoms with van der Waals surface area (Å²) in [7, 11) is 2.38. The minimum atomic E-state index is 0.814. The highest BCUT2D eigenvalue weighted by molar-refractivity contribution is 4.47. The first-order chi connectivity index (χ1) is 5.39. The second-order valence-electron chi connectivity index (χ2n) is 5.09. The standard InChI is InChI=1S/C11H26N/c1-7-12(6,8-10(2)3)9-11(4)5/h10-11H,7-9H2,1-6H3/q+1. The zero-order valence-electron chi connectivity index (χ0n) is 9.72. The van der Waals surface area contributed by atoms with Crippen molar-refractivity contribution >= 4 is 0 Å². The van der Waals surface area contributed by atoms with E-state index in [1.807, 2.05) is 0 Å². The van der Waals surface area contributed by atoms with Crippen LogP contribution in [0.1, 0.15) is 34.6 Å². The van der Waals surface area contributed by atoms with Crippen LogP contribution in [0.15, 0.2) is 0 Å². The van der Waals surface area contributed by atoms with Gasteiger partial charge >= 0.3 is 0 Å².